The molecule has 0 unspecified atom stereocenters. The Kier molecular flexibility index (Phi) is 4.56. The van der Waals surface area contributed by atoms with Crippen LogP contribution in [0.4, 0.5) is 11.5 Å². The molecule has 6 nitrogen and oxygen atoms in total. The SMILES string of the molecule is Cc1cccc(Nc2cc(C(=O)NCc3ccco3)nc(C)n2)c1. The molecule has 0 atom stereocenters. The lowest BCUT2D eigenvalue weighted by Crippen LogP contribution is -2.24. The largest absolute Gasteiger partial charge is 0.467 e. The first-order chi connectivity index (χ1) is 11.6. The first-order valence-corrected chi connectivity index (χ1v) is 7.60. The number of nitrogens with one attached hydrogen (secondary N) is 2. The Bertz CT molecular complexity index is 844. The molecule has 0 aliphatic rings. The highest BCUT2D eigenvalue weighted by molar-refractivity contribution is 5.93. The summed E-state index contributed by atoms with van der Waals surface area (Å²) < 4.78 is 5.20. The number of anilines is 2. The van der Waals surface area contributed by atoms with Crippen molar-refractivity contribution in [3.63, 3.8) is 0 Å². The summed E-state index contributed by atoms with van der Waals surface area (Å²) in [5.74, 6) is 1.52. The first kappa shape index (κ1) is 15.7. The minimum Gasteiger partial charge on any atom is -0.467 e. The van der Waals surface area contributed by atoms with Crippen LogP contribution in [0.5, 0.6) is 0 Å². The van der Waals surface area contributed by atoms with E-state index in [4.69, 9.17) is 4.42 Å². The van der Waals surface area contributed by atoms with Crippen LogP contribution in [-0.4, -0.2) is 15.9 Å². The summed E-state index contributed by atoms with van der Waals surface area (Å²) in [5, 5.41) is 5.98. The van der Waals surface area contributed by atoms with E-state index >= 15 is 0 Å². The van der Waals surface area contributed by atoms with Crippen molar-refractivity contribution in [1.29, 1.82) is 0 Å². The number of aromatic nitrogens is 2. The Hall–Kier alpha value is -3.15. The lowest BCUT2D eigenvalue weighted by atomic mass is 10.2. The smallest absolute Gasteiger partial charge is 0.270 e. The van der Waals surface area contributed by atoms with E-state index in [9.17, 15) is 4.79 Å². The van der Waals surface area contributed by atoms with Crippen LogP contribution in [0.3, 0.4) is 0 Å². The van der Waals surface area contributed by atoms with Crippen molar-refractivity contribution in [2.75, 3.05) is 5.32 Å². The molecule has 24 heavy (non-hydrogen) atoms. The summed E-state index contributed by atoms with van der Waals surface area (Å²) in [4.78, 5) is 20.8. The molecule has 1 aromatic carbocycles. The van der Waals surface area contributed by atoms with Gasteiger partial charge in [-0.05, 0) is 43.7 Å². The molecule has 0 bridgehead atoms. The van der Waals surface area contributed by atoms with Gasteiger partial charge < -0.3 is 15.1 Å². The van der Waals surface area contributed by atoms with Crippen LogP contribution in [0.25, 0.3) is 0 Å². The molecular formula is C18H18N4O2. The average Bonchev–Trinajstić information content (AvgIpc) is 3.05. The van der Waals surface area contributed by atoms with Crippen LogP contribution >= 0.6 is 0 Å². The Morgan fingerprint density at radius 3 is 2.75 bits per heavy atom. The normalized spacial score (nSPS) is 10.4. The van der Waals surface area contributed by atoms with Gasteiger partial charge in [0.1, 0.15) is 23.1 Å². The zero-order valence-corrected chi connectivity index (χ0v) is 13.5. The van der Waals surface area contributed by atoms with Crippen molar-refractivity contribution < 1.29 is 9.21 Å². The van der Waals surface area contributed by atoms with E-state index in [1.165, 1.54) is 0 Å². The average molecular weight is 322 g/mol. The van der Waals surface area contributed by atoms with Crippen LogP contribution in [-0.2, 0) is 6.54 Å². The molecule has 2 aromatic heterocycles. The van der Waals surface area contributed by atoms with Crippen molar-refractivity contribution >= 4 is 17.4 Å². The Labute approximate surface area is 140 Å². The van der Waals surface area contributed by atoms with Gasteiger partial charge in [0.2, 0.25) is 0 Å². The first-order valence-electron chi connectivity index (χ1n) is 7.60. The van der Waals surface area contributed by atoms with E-state index in [2.05, 4.69) is 20.6 Å². The molecule has 122 valence electrons. The van der Waals surface area contributed by atoms with Crippen molar-refractivity contribution in [2.45, 2.75) is 20.4 Å². The van der Waals surface area contributed by atoms with Gasteiger partial charge in [-0.15, -0.1) is 0 Å². The number of hydrogen-bond donors (Lipinski definition) is 2. The third-order valence-electron chi connectivity index (χ3n) is 3.36. The van der Waals surface area contributed by atoms with Crippen LogP contribution in [0.1, 0.15) is 27.6 Å². The Morgan fingerprint density at radius 2 is 2.00 bits per heavy atom. The van der Waals surface area contributed by atoms with Crippen molar-refractivity contribution in [1.82, 2.24) is 15.3 Å². The van der Waals surface area contributed by atoms with E-state index in [-0.39, 0.29) is 5.91 Å². The molecule has 0 fully saturated rings. The van der Waals surface area contributed by atoms with Crippen LogP contribution in [0, 0.1) is 13.8 Å². The van der Waals surface area contributed by atoms with Crippen LogP contribution in [0.2, 0.25) is 0 Å². The lowest BCUT2D eigenvalue weighted by molar-refractivity contribution is 0.0942. The topological polar surface area (TPSA) is 80.0 Å². The van der Waals surface area contributed by atoms with Crippen LogP contribution < -0.4 is 10.6 Å². The second kappa shape index (κ2) is 6.95. The van der Waals surface area contributed by atoms with Gasteiger partial charge in [-0.1, -0.05) is 12.1 Å². The van der Waals surface area contributed by atoms with Gasteiger partial charge in [-0.25, -0.2) is 9.97 Å². The predicted octanol–water partition coefficient (Wildman–Crippen LogP) is 3.36. The summed E-state index contributed by atoms with van der Waals surface area (Å²) >= 11 is 0. The molecular weight excluding hydrogens is 304 g/mol. The Morgan fingerprint density at radius 1 is 1.12 bits per heavy atom. The molecule has 0 aliphatic carbocycles. The number of aryl methyl sites for hydroxylation is 2. The van der Waals surface area contributed by atoms with Crippen molar-refractivity contribution in [2.24, 2.45) is 0 Å². The van der Waals surface area contributed by atoms with E-state index in [0.29, 0.717) is 29.6 Å². The van der Waals surface area contributed by atoms with Gasteiger partial charge in [0.25, 0.3) is 5.91 Å². The predicted molar refractivity (Wildman–Crippen MR) is 91.1 cm³/mol. The van der Waals surface area contributed by atoms with E-state index in [0.717, 1.165) is 11.3 Å². The number of rotatable bonds is 5. The number of carbonyl (C=O) groups is 1. The number of hydrogen-bond acceptors (Lipinski definition) is 5. The van der Waals surface area contributed by atoms with Crippen molar-refractivity contribution in [3.05, 3.63) is 71.6 Å². The minimum atomic E-state index is -0.274. The maximum absolute atomic E-state index is 12.3. The number of carbonyl (C=O) groups excluding carboxylic acids is 1. The molecule has 0 aliphatic heterocycles. The zero-order chi connectivity index (χ0) is 16.9. The highest BCUT2D eigenvalue weighted by Crippen LogP contribution is 2.16. The molecule has 0 radical (unpaired) electrons. The second-order valence-electron chi connectivity index (χ2n) is 5.44. The summed E-state index contributed by atoms with van der Waals surface area (Å²) in [6.07, 6.45) is 1.57. The molecule has 0 saturated heterocycles. The minimum absolute atomic E-state index is 0.274. The Balaban J connectivity index is 1.74. The van der Waals surface area contributed by atoms with E-state index in [1.807, 2.05) is 31.2 Å². The van der Waals surface area contributed by atoms with E-state index < -0.39 is 0 Å². The fourth-order valence-electron chi connectivity index (χ4n) is 2.29. The van der Waals surface area contributed by atoms with Crippen LogP contribution in [0.15, 0.2) is 53.1 Å². The maximum Gasteiger partial charge on any atom is 0.270 e. The fraction of sp³-hybridized carbons (Fsp3) is 0.167. The monoisotopic (exact) mass is 322 g/mol. The molecule has 2 N–H and O–H groups in total. The molecule has 3 aromatic rings. The summed E-state index contributed by atoms with van der Waals surface area (Å²) in [6.45, 7) is 4.09. The lowest BCUT2D eigenvalue weighted by Gasteiger charge is -2.09. The van der Waals surface area contributed by atoms with Gasteiger partial charge in [-0.2, -0.15) is 0 Å². The molecule has 0 saturated carbocycles. The fourth-order valence-corrected chi connectivity index (χ4v) is 2.29. The van der Waals surface area contributed by atoms with Gasteiger partial charge >= 0.3 is 0 Å². The highest BCUT2D eigenvalue weighted by Gasteiger charge is 2.11. The maximum atomic E-state index is 12.3. The number of benzene rings is 1. The number of furan rings is 1. The van der Waals surface area contributed by atoms with Gasteiger partial charge in [0.15, 0.2) is 0 Å². The van der Waals surface area contributed by atoms with Gasteiger partial charge in [0.05, 0.1) is 12.8 Å². The molecule has 1 amide bonds. The third-order valence-corrected chi connectivity index (χ3v) is 3.36. The van der Waals surface area contributed by atoms with Gasteiger partial charge in [-0.3, -0.25) is 4.79 Å². The number of nitrogens with zero attached hydrogens (tertiary/aromatic N) is 2. The molecule has 0 spiro atoms. The molecule has 2 heterocycles. The quantitative estimate of drug-likeness (QED) is 0.753. The second-order valence-corrected chi connectivity index (χ2v) is 5.44. The summed E-state index contributed by atoms with van der Waals surface area (Å²) in [5.41, 5.74) is 2.36. The zero-order valence-electron chi connectivity index (χ0n) is 13.5. The molecule has 6 heteroatoms. The summed E-state index contributed by atoms with van der Waals surface area (Å²) in [7, 11) is 0. The van der Waals surface area contributed by atoms with E-state index in [1.54, 1.807) is 31.4 Å². The number of amides is 1. The molecule has 3 rings (SSSR count). The van der Waals surface area contributed by atoms with Gasteiger partial charge in [0, 0.05) is 11.8 Å². The van der Waals surface area contributed by atoms with Crippen molar-refractivity contribution in [3.8, 4) is 0 Å². The third kappa shape index (κ3) is 3.98. The highest BCUT2D eigenvalue weighted by atomic mass is 16.3. The standard InChI is InChI=1S/C18H18N4O2/c1-12-5-3-6-14(9-12)22-17-10-16(20-13(2)21-17)18(23)19-11-15-7-4-8-24-15/h3-10H,11H2,1-2H3,(H,19,23)(H,20,21,22). The summed E-state index contributed by atoms with van der Waals surface area (Å²) in [6, 6.07) is 13.1.